The van der Waals surface area contributed by atoms with Crippen molar-refractivity contribution >= 4 is 17.5 Å². The lowest BCUT2D eigenvalue weighted by Gasteiger charge is -2.32. The first-order valence-electron chi connectivity index (χ1n) is 9.42. The van der Waals surface area contributed by atoms with Gasteiger partial charge in [0, 0.05) is 17.0 Å². The van der Waals surface area contributed by atoms with Crippen molar-refractivity contribution in [2.24, 2.45) is 0 Å². The van der Waals surface area contributed by atoms with Gasteiger partial charge in [0.05, 0.1) is 32.8 Å². The van der Waals surface area contributed by atoms with Crippen LogP contribution in [0, 0.1) is 0 Å². The lowest BCUT2D eigenvalue weighted by atomic mass is 10.1. The number of hydrogen-bond donors (Lipinski definition) is 1. The highest BCUT2D eigenvalue weighted by atomic mass is 35.5. The summed E-state index contributed by atoms with van der Waals surface area (Å²) in [5.74, 6) is 1.69. The number of benzene rings is 2. The average molecular weight is 388 g/mol. The zero-order valence-corrected chi connectivity index (χ0v) is 16.0. The van der Waals surface area contributed by atoms with Gasteiger partial charge in [-0.15, -0.1) is 0 Å². The molecule has 142 valence electrons. The number of halogens is 1. The van der Waals surface area contributed by atoms with Crippen molar-refractivity contribution in [3.8, 4) is 11.5 Å². The van der Waals surface area contributed by atoms with Gasteiger partial charge >= 0.3 is 0 Å². The molecule has 0 atom stereocenters. The Labute approximate surface area is 164 Å². The summed E-state index contributed by atoms with van der Waals surface area (Å²) in [6.45, 7) is 5.29. The van der Waals surface area contributed by atoms with Crippen molar-refractivity contribution in [2.75, 3.05) is 39.4 Å². The van der Waals surface area contributed by atoms with Crippen molar-refractivity contribution in [1.82, 2.24) is 4.90 Å². The van der Waals surface area contributed by atoms with E-state index < -0.39 is 0 Å². The molecule has 2 aromatic rings. The van der Waals surface area contributed by atoms with Gasteiger partial charge in [-0.05, 0) is 42.0 Å². The number of nitrogens with zero attached hydrogens (tertiary/aromatic N) is 1. The van der Waals surface area contributed by atoms with Crippen LogP contribution in [0.2, 0.25) is 5.02 Å². The molecule has 1 amide bonds. The van der Waals surface area contributed by atoms with Crippen molar-refractivity contribution in [2.45, 2.75) is 13.0 Å². The number of quaternary nitrogens is 1. The second-order valence-corrected chi connectivity index (χ2v) is 7.53. The number of ether oxygens (including phenoxy) is 2. The van der Waals surface area contributed by atoms with E-state index in [2.05, 4.69) is 18.2 Å². The Morgan fingerprint density at radius 1 is 1.19 bits per heavy atom. The third-order valence-electron chi connectivity index (χ3n) is 5.19. The number of carbonyl (C=O) groups excluding carboxylic acids is 1. The van der Waals surface area contributed by atoms with Crippen LogP contribution in [0.15, 0.2) is 42.5 Å². The topological polar surface area (TPSA) is 43.2 Å². The molecule has 27 heavy (non-hydrogen) atoms. The van der Waals surface area contributed by atoms with Gasteiger partial charge in [-0.2, -0.15) is 0 Å². The van der Waals surface area contributed by atoms with Gasteiger partial charge in [0.2, 0.25) is 0 Å². The Bertz CT molecular complexity index is 819. The third-order valence-corrected chi connectivity index (χ3v) is 5.42. The summed E-state index contributed by atoms with van der Waals surface area (Å²) in [6.07, 6.45) is 1.01. The minimum absolute atomic E-state index is 0.0312. The summed E-state index contributed by atoms with van der Waals surface area (Å²) in [5.41, 5.74) is 2.66. The van der Waals surface area contributed by atoms with Gasteiger partial charge in [-0.1, -0.05) is 17.7 Å². The zero-order chi connectivity index (χ0) is 18.6. The molecule has 0 spiro atoms. The Balaban J connectivity index is 1.24. The fourth-order valence-electron chi connectivity index (χ4n) is 3.68. The lowest BCUT2D eigenvalue weighted by Crippen LogP contribution is -3.13. The molecule has 0 unspecified atom stereocenters. The van der Waals surface area contributed by atoms with Gasteiger partial charge in [0.15, 0.2) is 6.61 Å². The van der Waals surface area contributed by atoms with Crippen molar-refractivity contribution in [3.63, 3.8) is 0 Å². The highest BCUT2D eigenvalue weighted by molar-refractivity contribution is 6.30. The summed E-state index contributed by atoms with van der Waals surface area (Å²) in [5, 5.41) is 0.607. The van der Waals surface area contributed by atoms with E-state index in [1.165, 1.54) is 16.0 Å². The molecule has 0 bridgehead atoms. The number of rotatable bonds is 5. The Morgan fingerprint density at radius 3 is 2.85 bits per heavy atom. The van der Waals surface area contributed by atoms with Crippen LogP contribution in [-0.4, -0.2) is 50.2 Å². The third kappa shape index (κ3) is 4.54. The highest BCUT2D eigenvalue weighted by Crippen LogP contribution is 2.25. The maximum atomic E-state index is 12.4. The number of hydrogen-bond acceptors (Lipinski definition) is 3. The van der Waals surface area contributed by atoms with Crippen molar-refractivity contribution in [3.05, 3.63) is 58.6 Å². The molecule has 1 N–H and O–H groups in total. The van der Waals surface area contributed by atoms with E-state index in [1.54, 1.807) is 12.1 Å². The fraction of sp³-hybridized carbons (Fsp3) is 0.381. The fourth-order valence-corrected chi connectivity index (χ4v) is 3.86. The van der Waals surface area contributed by atoms with Crippen LogP contribution in [0.5, 0.6) is 11.5 Å². The summed E-state index contributed by atoms with van der Waals surface area (Å²) in [6, 6.07) is 13.6. The van der Waals surface area contributed by atoms with Gasteiger partial charge < -0.3 is 19.3 Å². The Hall–Kier alpha value is -2.24. The van der Waals surface area contributed by atoms with E-state index in [-0.39, 0.29) is 12.5 Å². The normalized spacial score (nSPS) is 16.7. The van der Waals surface area contributed by atoms with Crippen molar-refractivity contribution < 1.29 is 19.2 Å². The number of piperazine rings is 1. The molecule has 2 heterocycles. The number of nitrogens with one attached hydrogen (secondary N) is 1. The van der Waals surface area contributed by atoms with E-state index in [4.69, 9.17) is 21.1 Å². The maximum absolute atomic E-state index is 12.4. The summed E-state index contributed by atoms with van der Waals surface area (Å²) >= 11 is 5.94. The smallest absolute Gasteiger partial charge is 0.260 e. The van der Waals surface area contributed by atoms with Gasteiger partial charge in [0.1, 0.15) is 18.0 Å². The second kappa shape index (κ2) is 8.19. The molecule has 6 heteroatoms. The molecule has 0 aromatic heterocycles. The maximum Gasteiger partial charge on any atom is 0.260 e. The Morgan fingerprint density at radius 2 is 2.04 bits per heavy atom. The predicted molar refractivity (Wildman–Crippen MR) is 104 cm³/mol. The molecule has 4 rings (SSSR count). The average Bonchev–Trinajstić information content (AvgIpc) is 3.15. The lowest BCUT2D eigenvalue weighted by molar-refractivity contribution is -0.917. The van der Waals surface area contributed by atoms with Gasteiger partial charge in [-0.3, -0.25) is 4.79 Å². The standard InChI is InChI=1S/C21H23ClN2O3/c22-18-2-1-3-19(13-18)27-15-21(25)24-9-7-23(8-10-24)14-16-4-5-20-17(12-16)6-11-26-20/h1-5,12-13H,6-11,14-15H2/p+1. The van der Waals surface area contributed by atoms with Crippen LogP contribution in [-0.2, 0) is 17.8 Å². The first-order chi connectivity index (χ1) is 13.2. The van der Waals surface area contributed by atoms with E-state index in [9.17, 15) is 4.79 Å². The first kappa shape index (κ1) is 18.1. The molecule has 1 saturated heterocycles. The quantitative estimate of drug-likeness (QED) is 0.847. The zero-order valence-electron chi connectivity index (χ0n) is 15.2. The van der Waals surface area contributed by atoms with Crippen LogP contribution in [0.25, 0.3) is 0 Å². The summed E-state index contributed by atoms with van der Waals surface area (Å²) < 4.78 is 11.1. The monoisotopic (exact) mass is 387 g/mol. The van der Waals surface area contributed by atoms with E-state index >= 15 is 0 Å². The Kier molecular flexibility index (Phi) is 5.50. The molecule has 5 nitrogen and oxygen atoms in total. The predicted octanol–water partition coefficient (Wildman–Crippen LogP) is 1.58. The SMILES string of the molecule is O=C(COc1cccc(Cl)c1)N1CC[NH+](Cc2ccc3c(c2)CCO3)CC1. The second-order valence-electron chi connectivity index (χ2n) is 7.09. The molecule has 2 aromatic carbocycles. The minimum Gasteiger partial charge on any atom is -0.493 e. The number of amides is 1. The molecular weight excluding hydrogens is 364 g/mol. The molecule has 0 saturated carbocycles. The molecular formula is C21H24ClN2O3+. The van der Waals surface area contributed by atoms with Gasteiger partial charge in [0.25, 0.3) is 5.91 Å². The van der Waals surface area contributed by atoms with E-state index in [0.29, 0.717) is 10.8 Å². The molecule has 0 aliphatic carbocycles. The van der Waals surface area contributed by atoms with Gasteiger partial charge in [-0.25, -0.2) is 0 Å². The van der Waals surface area contributed by atoms with E-state index in [1.807, 2.05) is 17.0 Å². The summed E-state index contributed by atoms with van der Waals surface area (Å²) in [7, 11) is 0. The molecule has 0 radical (unpaired) electrons. The summed E-state index contributed by atoms with van der Waals surface area (Å²) in [4.78, 5) is 15.8. The van der Waals surface area contributed by atoms with Crippen molar-refractivity contribution in [1.29, 1.82) is 0 Å². The molecule has 1 fully saturated rings. The van der Waals surface area contributed by atoms with Crippen LogP contribution >= 0.6 is 11.6 Å². The molecule has 2 aliphatic rings. The number of fused-ring (bicyclic) bond motifs is 1. The molecule has 2 aliphatic heterocycles. The van der Waals surface area contributed by atoms with Crippen LogP contribution in [0.1, 0.15) is 11.1 Å². The first-order valence-corrected chi connectivity index (χ1v) is 9.79. The van der Waals surface area contributed by atoms with Crippen LogP contribution in [0.4, 0.5) is 0 Å². The van der Waals surface area contributed by atoms with Crippen LogP contribution < -0.4 is 14.4 Å². The van der Waals surface area contributed by atoms with E-state index in [0.717, 1.165) is 51.5 Å². The largest absolute Gasteiger partial charge is 0.493 e. The minimum atomic E-state index is 0.0312. The van der Waals surface area contributed by atoms with Crippen LogP contribution in [0.3, 0.4) is 0 Å². The highest BCUT2D eigenvalue weighted by Gasteiger charge is 2.24. The number of carbonyl (C=O) groups is 1.